The molecule has 0 amide bonds. The number of benzene rings is 2. The Labute approximate surface area is 125 Å². The quantitative estimate of drug-likeness (QED) is 0.403. The summed E-state index contributed by atoms with van der Waals surface area (Å²) in [5.41, 5.74) is 1.42. The van der Waals surface area contributed by atoms with Gasteiger partial charge < -0.3 is 14.6 Å². The fourth-order valence-corrected chi connectivity index (χ4v) is 1.85. The summed E-state index contributed by atoms with van der Waals surface area (Å²) >= 11 is 0. The summed E-state index contributed by atoms with van der Waals surface area (Å²) in [6, 6.07) is 10.5. The van der Waals surface area contributed by atoms with Crippen LogP contribution in [0, 0.1) is 10.1 Å². The van der Waals surface area contributed by atoms with Crippen LogP contribution in [0.25, 0.3) is 0 Å². The van der Waals surface area contributed by atoms with E-state index in [0.717, 1.165) is 5.56 Å². The zero-order chi connectivity index (χ0) is 16.1. The Morgan fingerprint density at radius 3 is 2.45 bits per heavy atom. The number of phenols is 1. The van der Waals surface area contributed by atoms with E-state index in [1.807, 2.05) is 0 Å². The Hall–Kier alpha value is -3.09. The van der Waals surface area contributed by atoms with Crippen LogP contribution in [0.3, 0.4) is 0 Å². The van der Waals surface area contributed by atoms with Crippen molar-refractivity contribution < 1.29 is 24.3 Å². The molecule has 0 atom stereocenters. The molecule has 7 heteroatoms. The van der Waals surface area contributed by atoms with Crippen molar-refractivity contribution in [3.05, 3.63) is 63.7 Å². The zero-order valence-corrected chi connectivity index (χ0v) is 11.7. The largest absolute Gasteiger partial charge is 0.513 e. The molecular weight excluding hydrogens is 290 g/mol. The van der Waals surface area contributed by atoms with Gasteiger partial charge in [0.05, 0.1) is 12.0 Å². The molecule has 2 aromatic carbocycles. The van der Waals surface area contributed by atoms with E-state index in [4.69, 9.17) is 4.74 Å². The van der Waals surface area contributed by atoms with Gasteiger partial charge in [0.15, 0.2) is 0 Å². The molecule has 22 heavy (non-hydrogen) atoms. The van der Waals surface area contributed by atoms with Gasteiger partial charge in [0.2, 0.25) is 0 Å². The third kappa shape index (κ3) is 3.72. The highest BCUT2D eigenvalue weighted by Gasteiger charge is 2.09. The van der Waals surface area contributed by atoms with Gasteiger partial charge in [-0.05, 0) is 17.2 Å². The molecule has 0 unspecified atom stereocenters. The summed E-state index contributed by atoms with van der Waals surface area (Å²) in [5, 5.41) is 20.5. The van der Waals surface area contributed by atoms with E-state index in [1.54, 1.807) is 18.2 Å². The van der Waals surface area contributed by atoms with Crippen LogP contribution >= 0.6 is 0 Å². The molecule has 7 nitrogen and oxygen atoms in total. The van der Waals surface area contributed by atoms with Crippen LogP contribution in [-0.2, 0) is 11.2 Å². The second kappa shape index (κ2) is 6.57. The first-order chi connectivity index (χ1) is 10.5. The maximum Gasteiger partial charge on any atom is 0.513 e. The predicted molar refractivity (Wildman–Crippen MR) is 77.0 cm³/mol. The Kier molecular flexibility index (Phi) is 4.57. The van der Waals surface area contributed by atoms with Crippen LogP contribution in [0.15, 0.2) is 42.5 Å². The normalized spacial score (nSPS) is 10.0. The van der Waals surface area contributed by atoms with Crippen molar-refractivity contribution in [3.63, 3.8) is 0 Å². The van der Waals surface area contributed by atoms with E-state index in [9.17, 15) is 20.0 Å². The minimum absolute atomic E-state index is 0.00907. The number of hydrogen-bond donors (Lipinski definition) is 1. The van der Waals surface area contributed by atoms with Crippen molar-refractivity contribution >= 4 is 11.8 Å². The highest BCUT2D eigenvalue weighted by atomic mass is 16.7. The van der Waals surface area contributed by atoms with Gasteiger partial charge in [0.1, 0.15) is 11.5 Å². The van der Waals surface area contributed by atoms with Crippen LogP contribution in [0.4, 0.5) is 10.5 Å². The molecule has 0 saturated carbocycles. The number of non-ortho nitro benzene ring substituents is 1. The first-order valence-corrected chi connectivity index (χ1v) is 6.30. The third-order valence-corrected chi connectivity index (χ3v) is 2.97. The fourth-order valence-electron chi connectivity index (χ4n) is 1.85. The van der Waals surface area contributed by atoms with Gasteiger partial charge in [-0.3, -0.25) is 10.1 Å². The smallest absolute Gasteiger partial charge is 0.508 e. The standard InChI is InChI=1S/C15H13NO6/c1-21-15(18)22-13-7-4-11(14(17)9-13)8-10-2-5-12(6-3-10)16(19)20/h2-7,9,17H,8H2,1H3. The molecule has 0 bridgehead atoms. The van der Waals surface area contributed by atoms with Gasteiger partial charge in [0, 0.05) is 24.6 Å². The maximum atomic E-state index is 11.0. The molecule has 1 N–H and O–H groups in total. The van der Waals surface area contributed by atoms with Crippen LogP contribution in [-0.4, -0.2) is 23.3 Å². The lowest BCUT2D eigenvalue weighted by Crippen LogP contribution is -2.07. The fraction of sp³-hybridized carbons (Fsp3) is 0.133. The Morgan fingerprint density at radius 1 is 1.23 bits per heavy atom. The van der Waals surface area contributed by atoms with Crippen molar-refractivity contribution in [3.8, 4) is 11.5 Å². The molecule has 0 heterocycles. The van der Waals surface area contributed by atoms with Gasteiger partial charge >= 0.3 is 6.16 Å². The molecule has 0 fully saturated rings. The molecule has 0 aliphatic carbocycles. The predicted octanol–water partition coefficient (Wildman–Crippen LogP) is 3.04. The molecule has 0 saturated heterocycles. The molecule has 0 aliphatic rings. The molecule has 0 spiro atoms. The SMILES string of the molecule is COC(=O)Oc1ccc(Cc2ccc([N+](=O)[O-])cc2)c(O)c1. The molecule has 0 aromatic heterocycles. The van der Waals surface area contributed by atoms with E-state index < -0.39 is 11.1 Å². The lowest BCUT2D eigenvalue weighted by Gasteiger charge is -2.07. The van der Waals surface area contributed by atoms with E-state index in [0.29, 0.717) is 12.0 Å². The number of nitro groups is 1. The molecule has 0 radical (unpaired) electrons. The van der Waals surface area contributed by atoms with E-state index in [1.165, 1.54) is 31.4 Å². The highest BCUT2D eigenvalue weighted by molar-refractivity contribution is 5.64. The average molecular weight is 303 g/mol. The number of aromatic hydroxyl groups is 1. The number of methoxy groups -OCH3 is 1. The first-order valence-electron chi connectivity index (χ1n) is 6.30. The van der Waals surface area contributed by atoms with Crippen LogP contribution in [0.2, 0.25) is 0 Å². The average Bonchev–Trinajstić information content (AvgIpc) is 2.50. The van der Waals surface area contributed by atoms with E-state index >= 15 is 0 Å². The monoisotopic (exact) mass is 303 g/mol. The number of phenolic OH excluding ortho intramolecular Hbond substituents is 1. The summed E-state index contributed by atoms with van der Waals surface area (Å²) in [5.74, 6) is 0.122. The van der Waals surface area contributed by atoms with Crippen LogP contribution < -0.4 is 4.74 Å². The number of carbonyl (C=O) groups is 1. The van der Waals surface area contributed by atoms with Gasteiger partial charge in [-0.1, -0.05) is 18.2 Å². The molecule has 114 valence electrons. The van der Waals surface area contributed by atoms with Crippen molar-refractivity contribution in [2.45, 2.75) is 6.42 Å². The highest BCUT2D eigenvalue weighted by Crippen LogP contribution is 2.26. The van der Waals surface area contributed by atoms with Crippen LogP contribution in [0.1, 0.15) is 11.1 Å². The number of rotatable bonds is 4. The first kappa shape index (κ1) is 15.3. The van der Waals surface area contributed by atoms with Crippen LogP contribution in [0.5, 0.6) is 11.5 Å². The summed E-state index contributed by atoms with van der Waals surface area (Å²) in [6.07, 6.45) is -0.481. The Balaban J connectivity index is 2.12. The second-order valence-electron chi connectivity index (χ2n) is 4.45. The number of ether oxygens (including phenoxy) is 2. The van der Waals surface area contributed by atoms with E-state index in [2.05, 4.69) is 4.74 Å². The van der Waals surface area contributed by atoms with Crippen molar-refractivity contribution in [2.75, 3.05) is 7.11 Å². The number of hydrogen-bond acceptors (Lipinski definition) is 6. The van der Waals surface area contributed by atoms with Gasteiger partial charge in [-0.15, -0.1) is 0 Å². The minimum atomic E-state index is -0.873. The minimum Gasteiger partial charge on any atom is -0.508 e. The molecule has 0 aliphatic heterocycles. The van der Waals surface area contributed by atoms with Crippen molar-refractivity contribution in [1.82, 2.24) is 0 Å². The second-order valence-corrected chi connectivity index (χ2v) is 4.45. The Morgan fingerprint density at radius 2 is 1.91 bits per heavy atom. The van der Waals surface area contributed by atoms with E-state index in [-0.39, 0.29) is 17.2 Å². The molecular formula is C15H13NO6. The Bertz CT molecular complexity index is 696. The molecule has 2 aromatic rings. The van der Waals surface area contributed by atoms with Gasteiger partial charge in [-0.2, -0.15) is 0 Å². The molecule has 2 rings (SSSR count). The zero-order valence-electron chi connectivity index (χ0n) is 11.7. The number of nitro benzene ring substituents is 1. The third-order valence-electron chi connectivity index (χ3n) is 2.97. The summed E-state index contributed by atoms with van der Waals surface area (Å²) in [6.45, 7) is 0. The summed E-state index contributed by atoms with van der Waals surface area (Å²) in [7, 11) is 1.19. The van der Waals surface area contributed by atoms with Gasteiger partial charge in [-0.25, -0.2) is 4.79 Å². The summed E-state index contributed by atoms with van der Waals surface area (Å²) < 4.78 is 9.15. The lowest BCUT2D eigenvalue weighted by atomic mass is 10.0. The lowest BCUT2D eigenvalue weighted by molar-refractivity contribution is -0.384. The maximum absolute atomic E-state index is 11.0. The number of carbonyl (C=O) groups excluding carboxylic acids is 1. The van der Waals surface area contributed by atoms with Gasteiger partial charge in [0.25, 0.3) is 5.69 Å². The van der Waals surface area contributed by atoms with Crippen molar-refractivity contribution in [2.24, 2.45) is 0 Å². The topological polar surface area (TPSA) is 98.9 Å². The van der Waals surface area contributed by atoms with Crippen molar-refractivity contribution in [1.29, 1.82) is 0 Å². The number of nitrogens with zero attached hydrogens (tertiary/aromatic N) is 1. The summed E-state index contributed by atoms with van der Waals surface area (Å²) in [4.78, 5) is 21.1.